The van der Waals surface area contributed by atoms with Gasteiger partial charge in [0.1, 0.15) is 4.90 Å². The molecule has 2 fully saturated rings. The fourth-order valence-corrected chi connectivity index (χ4v) is 6.06. The molecule has 0 aromatic heterocycles. The molecular weight excluding hydrogens is 418 g/mol. The van der Waals surface area contributed by atoms with Gasteiger partial charge in [0.2, 0.25) is 15.9 Å². The molecule has 0 spiro atoms. The van der Waals surface area contributed by atoms with E-state index in [-0.39, 0.29) is 33.7 Å². The summed E-state index contributed by atoms with van der Waals surface area (Å²) in [6.45, 7) is 0.162. The molecule has 28 heavy (non-hydrogen) atoms. The summed E-state index contributed by atoms with van der Waals surface area (Å²) < 4.78 is 27.3. The quantitative estimate of drug-likeness (QED) is 0.701. The summed E-state index contributed by atoms with van der Waals surface area (Å²) in [6, 6.07) is 6.58. The molecule has 1 amide bonds. The van der Waals surface area contributed by atoms with Gasteiger partial charge in [-0.15, -0.1) is 0 Å². The van der Waals surface area contributed by atoms with Crippen molar-refractivity contribution in [2.75, 3.05) is 6.54 Å². The van der Waals surface area contributed by atoms with Gasteiger partial charge in [0.05, 0.1) is 16.3 Å². The minimum atomic E-state index is -3.70. The largest absolute Gasteiger partial charge is 0.304 e. The predicted octanol–water partition coefficient (Wildman–Crippen LogP) is 3.71. The van der Waals surface area contributed by atoms with Crippen LogP contribution in [0.4, 0.5) is 0 Å². The lowest BCUT2D eigenvalue weighted by Crippen LogP contribution is -2.30. The minimum Gasteiger partial charge on any atom is -0.304 e. The van der Waals surface area contributed by atoms with Crippen molar-refractivity contribution in [1.82, 2.24) is 10.0 Å². The van der Waals surface area contributed by atoms with Crippen molar-refractivity contribution in [2.45, 2.75) is 67.6 Å². The topological polar surface area (TPSA) is 87.6 Å². The van der Waals surface area contributed by atoms with Crippen LogP contribution in [0.25, 0.3) is 0 Å². The van der Waals surface area contributed by atoms with E-state index in [0.29, 0.717) is 11.6 Å². The molecular formula is C19H26ClN3O3S2. The number of amides is 1. The SMILES string of the molecule is O=C1NC(=NC2CCCCCCC2)SC1CCNS(=O)(=O)c1ccccc1Cl. The van der Waals surface area contributed by atoms with E-state index in [0.717, 1.165) is 12.8 Å². The van der Waals surface area contributed by atoms with E-state index < -0.39 is 10.0 Å². The molecule has 1 aromatic carbocycles. The van der Waals surface area contributed by atoms with E-state index in [4.69, 9.17) is 16.6 Å². The Hall–Kier alpha value is -1.09. The van der Waals surface area contributed by atoms with Crippen molar-refractivity contribution >= 4 is 44.5 Å². The first-order chi connectivity index (χ1) is 13.5. The zero-order valence-electron chi connectivity index (χ0n) is 15.7. The molecule has 6 nitrogen and oxygen atoms in total. The van der Waals surface area contributed by atoms with Gasteiger partial charge in [-0.2, -0.15) is 0 Å². The number of rotatable bonds is 6. The Balaban J connectivity index is 1.52. The highest BCUT2D eigenvalue weighted by Gasteiger charge is 2.31. The average molecular weight is 444 g/mol. The van der Waals surface area contributed by atoms with Crippen molar-refractivity contribution in [3.8, 4) is 0 Å². The van der Waals surface area contributed by atoms with E-state index >= 15 is 0 Å². The van der Waals surface area contributed by atoms with Gasteiger partial charge in [0, 0.05) is 6.54 Å². The molecule has 1 saturated carbocycles. The molecule has 0 radical (unpaired) electrons. The van der Waals surface area contributed by atoms with Gasteiger partial charge >= 0.3 is 0 Å². The normalized spacial score (nSPS) is 23.4. The molecule has 154 valence electrons. The van der Waals surface area contributed by atoms with Crippen molar-refractivity contribution in [3.63, 3.8) is 0 Å². The lowest BCUT2D eigenvalue weighted by molar-refractivity contribution is -0.118. The van der Waals surface area contributed by atoms with E-state index in [1.54, 1.807) is 12.1 Å². The van der Waals surface area contributed by atoms with Crippen LogP contribution in [0.15, 0.2) is 34.2 Å². The standard InChI is InChI=1S/C19H26ClN3O3S2/c20-15-10-6-7-11-17(15)28(25,26)21-13-12-16-18(24)23-19(27-16)22-14-8-4-2-1-3-5-9-14/h6-7,10-11,14,16,21H,1-5,8-9,12-13H2,(H,22,23,24). The van der Waals surface area contributed by atoms with Gasteiger partial charge in [0.25, 0.3) is 0 Å². The first-order valence-electron chi connectivity index (χ1n) is 9.75. The van der Waals surface area contributed by atoms with Crippen LogP contribution in [-0.2, 0) is 14.8 Å². The maximum atomic E-state index is 12.4. The van der Waals surface area contributed by atoms with Crippen molar-refractivity contribution < 1.29 is 13.2 Å². The Bertz CT molecular complexity index is 821. The molecule has 1 aliphatic heterocycles. The number of nitrogens with one attached hydrogen (secondary N) is 2. The maximum absolute atomic E-state index is 12.4. The van der Waals surface area contributed by atoms with Crippen LogP contribution in [0.1, 0.15) is 51.4 Å². The third-order valence-corrected chi connectivity index (χ3v) is 8.10. The van der Waals surface area contributed by atoms with Crippen LogP contribution in [0.3, 0.4) is 0 Å². The summed E-state index contributed by atoms with van der Waals surface area (Å²) in [5.41, 5.74) is 0. The van der Waals surface area contributed by atoms with Gasteiger partial charge in [0.15, 0.2) is 5.17 Å². The Labute approximate surface area is 176 Å². The maximum Gasteiger partial charge on any atom is 0.242 e. The van der Waals surface area contributed by atoms with Crippen LogP contribution in [-0.4, -0.2) is 37.3 Å². The average Bonchev–Trinajstić information content (AvgIpc) is 2.97. The molecule has 3 rings (SSSR count). The van der Waals surface area contributed by atoms with Gasteiger partial charge in [-0.3, -0.25) is 9.79 Å². The molecule has 1 aromatic rings. The number of amidine groups is 1. The number of sulfonamides is 1. The first kappa shape index (κ1) is 21.6. The van der Waals surface area contributed by atoms with E-state index in [2.05, 4.69) is 10.0 Å². The van der Waals surface area contributed by atoms with Crippen molar-refractivity contribution in [1.29, 1.82) is 0 Å². The second-order valence-electron chi connectivity index (χ2n) is 7.15. The number of carbonyl (C=O) groups is 1. The molecule has 2 aliphatic rings. The molecule has 1 aliphatic carbocycles. The van der Waals surface area contributed by atoms with Gasteiger partial charge in [-0.1, -0.05) is 67.6 Å². The summed E-state index contributed by atoms with van der Waals surface area (Å²) >= 11 is 7.37. The Kier molecular flexibility index (Phi) is 7.79. The van der Waals surface area contributed by atoms with Crippen molar-refractivity contribution in [3.05, 3.63) is 29.3 Å². The Morgan fingerprint density at radius 3 is 2.54 bits per heavy atom. The second kappa shape index (κ2) is 10.1. The monoisotopic (exact) mass is 443 g/mol. The number of halogens is 1. The second-order valence-corrected chi connectivity index (χ2v) is 10.5. The third-order valence-electron chi connectivity index (χ3n) is 4.98. The molecule has 0 bridgehead atoms. The first-order valence-corrected chi connectivity index (χ1v) is 12.5. The number of hydrogen-bond acceptors (Lipinski definition) is 5. The number of aliphatic imine (C=N–C) groups is 1. The predicted molar refractivity (Wildman–Crippen MR) is 114 cm³/mol. The van der Waals surface area contributed by atoms with Crippen LogP contribution < -0.4 is 10.0 Å². The summed E-state index contributed by atoms with van der Waals surface area (Å²) in [5, 5.41) is 3.37. The molecule has 1 heterocycles. The van der Waals surface area contributed by atoms with Gasteiger partial charge in [-0.05, 0) is 31.4 Å². The highest BCUT2D eigenvalue weighted by Crippen LogP contribution is 2.26. The lowest BCUT2D eigenvalue weighted by Gasteiger charge is -2.16. The van der Waals surface area contributed by atoms with Gasteiger partial charge in [-0.25, -0.2) is 13.1 Å². The highest BCUT2D eigenvalue weighted by atomic mass is 35.5. The molecule has 9 heteroatoms. The Morgan fingerprint density at radius 2 is 1.82 bits per heavy atom. The Morgan fingerprint density at radius 1 is 1.14 bits per heavy atom. The highest BCUT2D eigenvalue weighted by molar-refractivity contribution is 8.15. The van der Waals surface area contributed by atoms with E-state index in [1.807, 2.05) is 0 Å². The summed E-state index contributed by atoms with van der Waals surface area (Å²) in [7, 11) is -3.70. The summed E-state index contributed by atoms with van der Waals surface area (Å²) in [6.07, 6.45) is 8.74. The van der Waals surface area contributed by atoms with E-state index in [9.17, 15) is 13.2 Å². The number of benzene rings is 1. The summed E-state index contributed by atoms with van der Waals surface area (Å²) in [5.74, 6) is -0.105. The lowest BCUT2D eigenvalue weighted by atomic mass is 9.97. The van der Waals surface area contributed by atoms with Crippen LogP contribution in [0.5, 0.6) is 0 Å². The number of carbonyl (C=O) groups excluding carboxylic acids is 1. The smallest absolute Gasteiger partial charge is 0.242 e. The number of nitrogens with zero attached hydrogens (tertiary/aromatic N) is 1. The molecule has 2 N–H and O–H groups in total. The van der Waals surface area contributed by atoms with Crippen LogP contribution in [0.2, 0.25) is 5.02 Å². The number of hydrogen-bond donors (Lipinski definition) is 2. The van der Waals surface area contributed by atoms with Crippen LogP contribution in [0, 0.1) is 0 Å². The molecule has 1 saturated heterocycles. The van der Waals surface area contributed by atoms with E-state index in [1.165, 1.54) is 56.0 Å². The summed E-state index contributed by atoms with van der Waals surface area (Å²) in [4.78, 5) is 17.0. The molecule has 1 atom stereocenters. The fraction of sp³-hybridized carbons (Fsp3) is 0.579. The number of thioether (sulfide) groups is 1. The van der Waals surface area contributed by atoms with Crippen LogP contribution >= 0.6 is 23.4 Å². The zero-order valence-corrected chi connectivity index (χ0v) is 18.1. The molecule has 1 unspecified atom stereocenters. The third kappa shape index (κ3) is 5.95. The van der Waals surface area contributed by atoms with Crippen molar-refractivity contribution in [2.24, 2.45) is 4.99 Å². The fourth-order valence-electron chi connectivity index (χ4n) is 3.45. The van der Waals surface area contributed by atoms with Gasteiger partial charge < -0.3 is 5.32 Å². The zero-order chi connectivity index (χ0) is 20.0. The minimum absolute atomic E-state index is 0.0479.